The van der Waals surface area contributed by atoms with Gasteiger partial charge in [-0.05, 0) is 36.2 Å². The zero-order valence-electron chi connectivity index (χ0n) is 18.1. The van der Waals surface area contributed by atoms with Crippen LogP contribution in [0.25, 0.3) is 0 Å². The molecule has 33 heavy (non-hydrogen) atoms. The Morgan fingerprint density at radius 1 is 0.879 bits per heavy atom. The predicted molar refractivity (Wildman–Crippen MR) is 129 cm³/mol. The first-order chi connectivity index (χ1) is 15.9. The Bertz CT molecular complexity index is 1200. The first kappa shape index (κ1) is 22.8. The van der Waals surface area contributed by atoms with E-state index in [0.29, 0.717) is 43.3 Å². The molecule has 0 aromatic heterocycles. The molecule has 0 saturated carbocycles. The maximum atomic E-state index is 12.9. The topological polar surface area (TPSA) is 95.8 Å². The minimum atomic E-state index is -3.53. The van der Waals surface area contributed by atoms with Gasteiger partial charge in [0.1, 0.15) is 5.69 Å². The smallest absolute Gasteiger partial charge is 0.292 e. The number of rotatable bonds is 8. The molecule has 3 aromatic rings. The lowest BCUT2D eigenvalue weighted by Crippen LogP contribution is -2.48. The molecule has 1 aliphatic rings. The predicted octanol–water partition coefficient (Wildman–Crippen LogP) is 3.76. The summed E-state index contributed by atoms with van der Waals surface area (Å²) >= 11 is 0. The Balaban J connectivity index is 1.44. The average molecular weight is 467 g/mol. The van der Waals surface area contributed by atoms with Crippen LogP contribution in [0, 0.1) is 10.1 Å². The largest absolute Gasteiger partial charge is 0.379 e. The van der Waals surface area contributed by atoms with Crippen LogP contribution in [0.2, 0.25) is 0 Å². The minimum Gasteiger partial charge on any atom is -0.379 e. The first-order valence-corrected chi connectivity index (χ1v) is 12.3. The van der Waals surface area contributed by atoms with E-state index >= 15 is 0 Å². The van der Waals surface area contributed by atoms with Gasteiger partial charge in [0.05, 0.1) is 9.82 Å². The summed E-state index contributed by atoms with van der Waals surface area (Å²) in [6.45, 7) is 2.29. The zero-order valence-corrected chi connectivity index (χ0v) is 18.9. The van der Waals surface area contributed by atoms with E-state index < -0.39 is 10.0 Å². The molecule has 4 rings (SSSR count). The van der Waals surface area contributed by atoms with Gasteiger partial charge < -0.3 is 10.2 Å². The highest BCUT2D eigenvalue weighted by Gasteiger charge is 2.29. The fraction of sp³-hybridized carbons (Fsp3) is 0.250. The Labute approximate surface area is 193 Å². The van der Waals surface area contributed by atoms with Gasteiger partial charge in [-0.1, -0.05) is 48.5 Å². The van der Waals surface area contributed by atoms with Gasteiger partial charge in [-0.15, -0.1) is 0 Å². The molecule has 172 valence electrons. The zero-order chi connectivity index (χ0) is 23.3. The third-order valence-corrected chi connectivity index (χ3v) is 7.65. The molecule has 0 radical (unpaired) electrons. The first-order valence-electron chi connectivity index (χ1n) is 10.8. The molecule has 1 fully saturated rings. The van der Waals surface area contributed by atoms with Crippen LogP contribution in [0.3, 0.4) is 0 Å². The van der Waals surface area contributed by atoms with Crippen molar-refractivity contribution in [3.8, 4) is 0 Å². The molecular formula is C24H26N4O4S. The number of piperazine rings is 1. The number of nitrogens with zero attached hydrogens (tertiary/aromatic N) is 3. The van der Waals surface area contributed by atoms with Crippen molar-refractivity contribution < 1.29 is 13.3 Å². The van der Waals surface area contributed by atoms with Crippen molar-refractivity contribution in [2.45, 2.75) is 11.3 Å². The molecule has 0 spiro atoms. The molecule has 3 aromatic carbocycles. The van der Waals surface area contributed by atoms with Crippen LogP contribution in [-0.4, -0.2) is 50.4 Å². The standard InChI is InChI=1S/C24H26N4O4S/c29-28(30)24-12-11-21(19-23(24)25-14-13-20-7-3-1-4-8-20)26-15-17-27(18-16-26)33(31,32)22-9-5-2-6-10-22/h1-12,19,25H,13-18H2. The average Bonchev–Trinajstić information content (AvgIpc) is 2.85. The van der Waals surface area contributed by atoms with Crippen molar-refractivity contribution in [1.29, 1.82) is 0 Å². The Hall–Kier alpha value is -3.43. The molecule has 0 bridgehead atoms. The lowest BCUT2D eigenvalue weighted by molar-refractivity contribution is -0.383. The minimum absolute atomic E-state index is 0.0251. The van der Waals surface area contributed by atoms with Crippen molar-refractivity contribution >= 4 is 27.1 Å². The number of hydrogen-bond acceptors (Lipinski definition) is 6. The van der Waals surface area contributed by atoms with E-state index in [1.54, 1.807) is 42.5 Å². The molecule has 8 nitrogen and oxygen atoms in total. The van der Waals surface area contributed by atoms with E-state index in [4.69, 9.17) is 0 Å². The number of anilines is 2. The van der Waals surface area contributed by atoms with E-state index in [1.807, 2.05) is 30.3 Å². The quantitative estimate of drug-likeness (QED) is 0.401. The van der Waals surface area contributed by atoms with Crippen LogP contribution in [0.1, 0.15) is 5.56 Å². The van der Waals surface area contributed by atoms with E-state index in [0.717, 1.165) is 17.7 Å². The van der Waals surface area contributed by atoms with Crippen LogP contribution in [-0.2, 0) is 16.4 Å². The summed E-state index contributed by atoms with van der Waals surface area (Å²) in [5.74, 6) is 0. The third-order valence-electron chi connectivity index (χ3n) is 5.73. The number of benzene rings is 3. The van der Waals surface area contributed by atoms with Gasteiger partial charge in [-0.2, -0.15) is 4.31 Å². The van der Waals surface area contributed by atoms with Crippen molar-refractivity contribution in [2.75, 3.05) is 42.9 Å². The summed E-state index contributed by atoms with van der Waals surface area (Å²) in [6.07, 6.45) is 0.748. The van der Waals surface area contributed by atoms with Crippen LogP contribution < -0.4 is 10.2 Å². The number of sulfonamides is 1. The molecule has 1 heterocycles. The van der Waals surface area contributed by atoms with Crippen molar-refractivity contribution in [1.82, 2.24) is 4.31 Å². The molecule has 0 aliphatic carbocycles. The van der Waals surface area contributed by atoms with Crippen LogP contribution in [0.15, 0.2) is 83.8 Å². The Kier molecular flexibility index (Phi) is 6.90. The number of hydrogen-bond donors (Lipinski definition) is 1. The van der Waals surface area contributed by atoms with Crippen LogP contribution in [0.5, 0.6) is 0 Å². The lowest BCUT2D eigenvalue weighted by Gasteiger charge is -2.35. The summed E-state index contributed by atoms with van der Waals surface area (Å²) in [5, 5.41) is 14.7. The van der Waals surface area contributed by atoms with Gasteiger partial charge in [0.25, 0.3) is 5.69 Å². The highest BCUT2D eigenvalue weighted by molar-refractivity contribution is 7.89. The molecule has 1 aliphatic heterocycles. The monoisotopic (exact) mass is 466 g/mol. The molecule has 1 saturated heterocycles. The Morgan fingerprint density at radius 3 is 2.15 bits per heavy atom. The normalized spacial score (nSPS) is 14.7. The van der Waals surface area contributed by atoms with E-state index in [-0.39, 0.29) is 10.6 Å². The van der Waals surface area contributed by atoms with Gasteiger partial charge in [-0.3, -0.25) is 10.1 Å². The summed E-state index contributed by atoms with van der Waals surface area (Å²) in [7, 11) is -3.53. The summed E-state index contributed by atoms with van der Waals surface area (Å²) in [4.78, 5) is 13.5. The van der Waals surface area contributed by atoms with Gasteiger partial charge in [0, 0.05) is 44.5 Å². The molecule has 0 amide bonds. The summed E-state index contributed by atoms with van der Waals surface area (Å²) < 4.78 is 27.2. The highest BCUT2D eigenvalue weighted by Crippen LogP contribution is 2.30. The van der Waals surface area contributed by atoms with Crippen molar-refractivity contribution in [3.05, 3.63) is 94.5 Å². The van der Waals surface area contributed by atoms with Crippen LogP contribution in [0.4, 0.5) is 17.1 Å². The SMILES string of the molecule is O=[N+]([O-])c1ccc(N2CCN(S(=O)(=O)c3ccccc3)CC2)cc1NCCc1ccccc1. The molecular weight excluding hydrogens is 440 g/mol. The molecule has 9 heteroatoms. The number of nitro groups is 1. The van der Waals surface area contributed by atoms with Gasteiger partial charge in [0.15, 0.2) is 0 Å². The van der Waals surface area contributed by atoms with E-state index in [1.165, 1.54) is 10.4 Å². The second-order valence-corrected chi connectivity index (χ2v) is 9.76. The Morgan fingerprint density at radius 2 is 1.52 bits per heavy atom. The molecule has 0 atom stereocenters. The summed E-state index contributed by atoms with van der Waals surface area (Å²) in [5.41, 5.74) is 2.48. The highest BCUT2D eigenvalue weighted by atomic mass is 32.2. The van der Waals surface area contributed by atoms with Gasteiger partial charge >= 0.3 is 0 Å². The molecule has 0 unspecified atom stereocenters. The van der Waals surface area contributed by atoms with Crippen LogP contribution >= 0.6 is 0 Å². The number of nitro benzene ring substituents is 1. The fourth-order valence-corrected chi connectivity index (χ4v) is 5.38. The second-order valence-electron chi connectivity index (χ2n) is 7.83. The van der Waals surface area contributed by atoms with Crippen molar-refractivity contribution in [2.24, 2.45) is 0 Å². The van der Waals surface area contributed by atoms with E-state index in [2.05, 4.69) is 10.2 Å². The maximum Gasteiger partial charge on any atom is 0.292 e. The van der Waals surface area contributed by atoms with Gasteiger partial charge in [0.2, 0.25) is 10.0 Å². The lowest BCUT2D eigenvalue weighted by atomic mass is 10.1. The molecule has 1 N–H and O–H groups in total. The van der Waals surface area contributed by atoms with Gasteiger partial charge in [-0.25, -0.2) is 8.42 Å². The second kappa shape index (κ2) is 10.0. The third kappa shape index (κ3) is 5.32. The summed E-state index contributed by atoms with van der Waals surface area (Å²) in [6, 6.07) is 23.4. The fourth-order valence-electron chi connectivity index (χ4n) is 3.94. The maximum absolute atomic E-state index is 12.9. The van der Waals surface area contributed by atoms with Crippen molar-refractivity contribution in [3.63, 3.8) is 0 Å². The number of nitrogens with one attached hydrogen (secondary N) is 1. The van der Waals surface area contributed by atoms with E-state index in [9.17, 15) is 18.5 Å².